The fourth-order valence-electron chi connectivity index (χ4n) is 1.77. The Labute approximate surface area is 87.7 Å². The van der Waals surface area contributed by atoms with E-state index in [-0.39, 0.29) is 0 Å². The summed E-state index contributed by atoms with van der Waals surface area (Å²) in [7, 11) is 0. The SMILES string of the molecule is Cc1noc2c(C(C)(C)O)c(N)ccc12. The summed E-state index contributed by atoms with van der Waals surface area (Å²) >= 11 is 0. The highest BCUT2D eigenvalue weighted by atomic mass is 16.5. The Hall–Kier alpha value is -1.55. The van der Waals surface area contributed by atoms with Gasteiger partial charge in [-0.05, 0) is 32.9 Å². The lowest BCUT2D eigenvalue weighted by Gasteiger charge is -2.19. The number of benzene rings is 1. The Morgan fingerprint density at radius 1 is 1.40 bits per heavy atom. The van der Waals surface area contributed by atoms with Crippen LogP contribution < -0.4 is 5.73 Å². The van der Waals surface area contributed by atoms with Crippen LogP contribution in [0.15, 0.2) is 16.7 Å². The topological polar surface area (TPSA) is 72.3 Å². The van der Waals surface area contributed by atoms with E-state index in [9.17, 15) is 5.11 Å². The third-order valence-corrected chi connectivity index (χ3v) is 2.47. The van der Waals surface area contributed by atoms with Gasteiger partial charge in [-0.1, -0.05) is 5.16 Å². The summed E-state index contributed by atoms with van der Waals surface area (Å²) < 4.78 is 5.20. The normalized spacial score (nSPS) is 12.3. The van der Waals surface area contributed by atoms with Gasteiger partial charge in [-0.15, -0.1) is 0 Å². The number of nitrogens with zero attached hydrogens (tertiary/aromatic N) is 1. The predicted octanol–water partition coefficient (Wildman–Crippen LogP) is 1.95. The molecule has 0 spiro atoms. The van der Waals surface area contributed by atoms with E-state index in [0.717, 1.165) is 11.1 Å². The van der Waals surface area contributed by atoms with Crippen molar-refractivity contribution >= 4 is 16.7 Å². The Bertz CT molecular complexity index is 509. The van der Waals surface area contributed by atoms with Crippen LogP contribution in [-0.4, -0.2) is 10.3 Å². The number of aromatic nitrogens is 1. The number of nitrogen functional groups attached to an aromatic ring is 1. The lowest BCUT2D eigenvalue weighted by atomic mass is 9.94. The van der Waals surface area contributed by atoms with Gasteiger partial charge in [-0.25, -0.2) is 0 Å². The first kappa shape index (κ1) is 9.98. The summed E-state index contributed by atoms with van der Waals surface area (Å²) in [6.07, 6.45) is 0. The molecule has 0 saturated carbocycles. The Balaban J connectivity index is 2.87. The summed E-state index contributed by atoms with van der Waals surface area (Å²) in [4.78, 5) is 0. The standard InChI is InChI=1S/C11H14N2O2/c1-6-7-4-5-8(12)9(11(2,3)14)10(7)15-13-6/h4-5,14H,12H2,1-3H3. The largest absolute Gasteiger partial charge is 0.398 e. The molecule has 0 radical (unpaired) electrons. The summed E-state index contributed by atoms with van der Waals surface area (Å²) in [5.74, 6) is 0. The molecule has 1 heterocycles. The first-order valence-corrected chi connectivity index (χ1v) is 4.78. The van der Waals surface area contributed by atoms with Crippen LogP contribution in [0.3, 0.4) is 0 Å². The lowest BCUT2D eigenvalue weighted by molar-refractivity contribution is 0.0796. The quantitative estimate of drug-likeness (QED) is 0.699. The van der Waals surface area contributed by atoms with E-state index in [1.807, 2.05) is 13.0 Å². The molecule has 15 heavy (non-hydrogen) atoms. The smallest absolute Gasteiger partial charge is 0.175 e. The van der Waals surface area contributed by atoms with Crippen LogP contribution in [-0.2, 0) is 5.60 Å². The van der Waals surface area contributed by atoms with Crippen molar-refractivity contribution in [3.8, 4) is 0 Å². The minimum Gasteiger partial charge on any atom is -0.398 e. The molecule has 0 unspecified atom stereocenters. The monoisotopic (exact) mass is 206 g/mol. The maximum atomic E-state index is 10.0. The highest BCUT2D eigenvalue weighted by molar-refractivity contribution is 5.87. The highest BCUT2D eigenvalue weighted by Crippen LogP contribution is 2.34. The second-order valence-electron chi connectivity index (χ2n) is 4.23. The van der Waals surface area contributed by atoms with E-state index in [1.165, 1.54) is 0 Å². The average Bonchev–Trinajstić information content (AvgIpc) is 2.45. The van der Waals surface area contributed by atoms with Crippen molar-refractivity contribution in [3.05, 3.63) is 23.4 Å². The van der Waals surface area contributed by atoms with Crippen LogP contribution in [0.5, 0.6) is 0 Å². The Morgan fingerprint density at radius 3 is 2.67 bits per heavy atom. The number of hydrogen-bond acceptors (Lipinski definition) is 4. The number of rotatable bonds is 1. The van der Waals surface area contributed by atoms with Gasteiger partial charge >= 0.3 is 0 Å². The van der Waals surface area contributed by atoms with Crippen molar-refractivity contribution in [2.75, 3.05) is 5.73 Å². The van der Waals surface area contributed by atoms with Gasteiger partial charge in [-0.2, -0.15) is 0 Å². The zero-order chi connectivity index (χ0) is 11.2. The third kappa shape index (κ3) is 1.47. The van der Waals surface area contributed by atoms with Gasteiger partial charge in [0.1, 0.15) is 0 Å². The minimum atomic E-state index is -1.03. The minimum absolute atomic E-state index is 0.520. The van der Waals surface area contributed by atoms with Crippen molar-refractivity contribution in [2.24, 2.45) is 0 Å². The molecule has 0 aliphatic rings. The molecule has 0 aliphatic carbocycles. The van der Waals surface area contributed by atoms with Gasteiger partial charge in [0.15, 0.2) is 5.58 Å². The number of aliphatic hydroxyl groups is 1. The van der Waals surface area contributed by atoms with E-state index >= 15 is 0 Å². The van der Waals surface area contributed by atoms with E-state index in [2.05, 4.69) is 5.16 Å². The van der Waals surface area contributed by atoms with Crippen LogP contribution >= 0.6 is 0 Å². The molecule has 2 aromatic rings. The fraction of sp³-hybridized carbons (Fsp3) is 0.364. The molecule has 4 heteroatoms. The zero-order valence-corrected chi connectivity index (χ0v) is 9.03. The van der Waals surface area contributed by atoms with E-state index in [1.54, 1.807) is 19.9 Å². The maximum Gasteiger partial charge on any atom is 0.175 e. The van der Waals surface area contributed by atoms with Gasteiger partial charge < -0.3 is 15.4 Å². The first-order valence-electron chi connectivity index (χ1n) is 4.78. The molecule has 1 aromatic carbocycles. The molecule has 0 aliphatic heterocycles. The van der Waals surface area contributed by atoms with Crippen LogP contribution in [0.1, 0.15) is 25.1 Å². The lowest BCUT2D eigenvalue weighted by Crippen LogP contribution is -2.18. The molecule has 2 rings (SSSR count). The molecule has 0 saturated heterocycles. The van der Waals surface area contributed by atoms with Crippen LogP contribution in [0.4, 0.5) is 5.69 Å². The summed E-state index contributed by atoms with van der Waals surface area (Å²) in [5.41, 5.74) is 7.29. The van der Waals surface area contributed by atoms with Crippen LogP contribution in [0.2, 0.25) is 0 Å². The fourth-order valence-corrected chi connectivity index (χ4v) is 1.77. The van der Waals surface area contributed by atoms with Crippen molar-refractivity contribution in [2.45, 2.75) is 26.4 Å². The maximum absolute atomic E-state index is 10.0. The first-order chi connectivity index (χ1) is 6.91. The molecule has 0 amide bonds. The number of nitrogens with two attached hydrogens (primary N) is 1. The van der Waals surface area contributed by atoms with Crippen molar-refractivity contribution in [3.63, 3.8) is 0 Å². The molecule has 3 N–H and O–H groups in total. The van der Waals surface area contributed by atoms with Gasteiger partial charge in [0.05, 0.1) is 16.9 Å². The summed E-state index contributed by atoms with van der Waals surface area (Å²) in [6, 6.07) is 3.62. The van der Waals surface area contributed by atoms with Gasteiger partial charge in [0.25, 0.3) is 0 Å². The molecule has 80 valence electrons. The average molecular weight is 206 g/mol. The molecule has 1 aromatic heterocycles. The molecule has 0 fully saturated rings. The van der Waals surface area contributed by atoms with Gasteiger partial charge in [0.2, 0.25) is 0 Å². The summed E-state index contributed by atoms with van der Waals surface area (Å²) in [5, 5.41) is 14.8. The molecular weight excluding hydrogens is 192 g/mol. The summed E-state index contributed by atoms with van der Waals surface area (Å²) in [6.45, 7) is 5.21. The number of fused-ring (bicyclic) bond motifs is 1. The third-order valence-electron chi connectivity index (χ3n) is 2.47. The van der Waals surface area contributed by atoms with Crippen LogP contribution in [0, 0.1) is 6.92 Å². The second-order valence-corrected chi connectivity index (χ2v) is 4.23. The molecule has 4 nitrogen and oxygen atoms in total. The number of aryl methyl sites for hydroxylation is 1. The highest BCUT2D eigenvalue weighted by Gasteiger charge is 2.25. The van der Waals surface area contributed by atoms with E-state index in [0.29, 0.717) is 16.8 Å². The van der Waals surface area contributed by atoms with Crippen LogP contribution in [0.25, 0.3) is 11.0 Å². The second kappa shape index (κ2) is 2.97. The Morgan fingerprint density at radius 2 is 2.07 bits per heavy atom. The van der Waals surface area contributed by atoms with Gasteiger partial charge in [0, 0.05) is 11.1 Å². The van der Waals surface area contributed by atoms with E-state index in [4.69, 9.17) is 10.3 Å². The number of hydrogen-bond donors (Lipinski definition) is 2. The zero-order valence-electron chi connectivity index (χ0n) is 9.03. The van der Waals surface area contributed by atoms with Crippen molar-refractivity contribution in [1.29, 1.82) is 0 Å². The molecular formula is C11H14N2O2. The van der Waals surface area contributed by atoms with E-state index < -0.39 is 5.60 Å². The Kier molecular flexibility index (Phi) is 1.98. The number of anilines is 1. The predicted molar refractivity (Wildman–Crippen MR) is 58.4 cm³/mol. The van der Waals surface area contributed by atoms with Crippen molar-refractivity contribution in [1.82, 2.24) is 5.16 Å². The molecule has 0 bridgehead atoms. The molecule has 0 atom stereocenters. The van der Waals surface area contributed by atoms with Crippen molar-refractivity contribution < 1.29 is 9.63 Å². The van der Waals surface area contributed by atoms with Gasteiger partial charge in [-0.3, -0.25) is 0 Å².